The van der Waals surface area contributed by atoms with E-state index in [1.807, 2.05) is 25.3 Å². The van der Waals surface area contributed by atoms with Crippen molar-refractivity contribution in [2.24, 2.45) is 0 Å². The van der Waals surface area contributed by atoms with E-state index in [-0.39, 0.29) is 6.04 Å². The number of pyridine rings is 1. The zero-order valence-corrected chi connectivity index (χ0v) is 11.7. The molecule has 0 aliphatic carbocycles. The fraction of sp³-hybridized carbons (Fsp3) is 0.286. The Morgan fingerprint density at radius 3 is 3.11 bits per heavy atom. The summed E-state index contributed by atoms with van der Waals surface area (Å²) in [5.41, 5.74) is 3.18. The Morgan fingerprint density at radius 1 is 1.42 bits per heavy atom. The molecule has 4 nitrogen and oxygen atoms in total. The van der Waals surface area contributed by atoms with E-state index in [9.17, 15) is 0 Å². The fourth-order valence-corrected chi connectivity index (χ4v) is 2.76. The van der Waals surface area contributed by atoms with Crippen LogP contribution in [0.25, 0.3) is 10.2 Å². The zero-order valence-electron chi connectivity index (χ0n) is 10.9. The van der Waals surface area contributed by atoms with Gasteiger partial charge in [0.05, 0.1) is 15.9 Å². The number of thiophene rings is 1. The molecular weight excluding hydrogens is 258 g/mol. The lowest BCUT2D eigenvalue weighted by molar-refractivity contribution is 0.386. The first-order valence-electron chi connectivity index (χ1n) is 6.21. The molecule has 0 aliphatic heterocycles. The molecule has 0 amide bonds. The first kappa shape index (κ1) is 12.3. The van der Waals surface area contributed by atoms with Crippen molar-refractivity contribution >= 4 is 21.6 Å². The van der Waals surface area contributed by atoms with E-state index >= 15 is 0 Å². The van der Waals surface area contributed by atoms with Crippen LogP contribution in [0.1, 0.15) is 30.0 Å². The molecule has 0 bridgehead atoms. The summed E-state index contributed by atoms with van der Waals surface area (Å²) in [5, 5.41) is 9.47. The third-order valence-corrected chi connectivity index (χ3v) is 3.94. The van der Waals surface area contributed by atoms with Gasteiger partial charge in [0.15, 0.2) is 0 Å². The van der Waals surface area contributed by atoms with Gasteiger partial charge in [-0.1, -0.05) is 5.16 Å². The second-order valence-electron chi connectivity index (χ2n) is 4.60. The highest BCUT2D eigenvalue weighted by atomic mass is 32.1. The highest BCUT2D eigenvalue weighted by Gasteiger charge is 2.08. The molecular formula is C14H15N3OS. The van der Waals surface area contributed by atoms with Crippen LogP contribution in [-0.2, 0) is 6.54 Å². The molecule has 98 valence electrons. The Kier molecular flexibility index (Phi) is 3.31. The van der Waals surface area contributed by atoms with Crippen molar-refractivity contribution < 1.29 is 4.52 Å². The van der Waals surface area contributed by atoms with Gasteiger partial charge in [-0.3, -0.25) is 4.98 Å². The fourth-order valence-electron chi connectivity index (χ4n) is 1.98. The summed E-state index contributed by atoms with van der Waals surface area (Å²) in [6.45, 7) is 4.72. The smallest absolute Gasteiger partial charge is 0.133 e. The van der Waals surface area contributed by atoms with Crippen molar-refractivity contribution in [2.45, 2.75) is 26.4 Å². The van der Waals surface area contributed by atoms with Crippen LogP contribution in [0.15, 0.2) is 34.3 Å². The number of nitrogens with zero attached hydrogens (tertiary/aromatic N) is 2. The molecule has 0 aliphatic rings. The second kappa shape index (κ2) is 5.11. The molecule has 1 atom stereocenters. The standard InChI is InChI=1S/C14H15N3OS/c1-9-5-12(17-18-9)8-15-10(2)11-6-14-13(16-7-11)3-4-19-14/h3-7,10,15H,8H2,1-2H3. The van der Waals surface area contributed by atoms with E-state index in [0.717, 1.165) is 17.0 Å². The summed E-state index contributed by atoms with van der Waals surface area (Å²) >= 11 is 1.72. The van der Waals surface area contributed by atoms with Crippen molar-refractivity contribution in [3.05, 3.63) is 46.8 Å². The summed E-state index contributed by atoms with van der Waals surface area (Å²) < 4.78 is 6.27. The molecule has 0 spiro atoms. The molecule has 3 aromatic heterocycles. The zero-order chi connectivity index (χ0) is 13.2. The number of aromatic nitrogens is 2. The summed E-state index contributed by atoms with van der Waals surface area (Å²) in [5.74, 6) is 0.839. The highest BCUT2D eigenvalue weighted by Crippen LogP contribution is 2.22. The number of nitrogens with one attached hydrogen (secondary N) is 1. The van der Waals surface area contributed by atoms with E-state index in [0.29, 0.717) is 6.54 Å². The van der Waals surface area contributed by atoms with Gasteiger partial charge in [0, 0.05) is 24.8 Å². The van der Waals surface area contributed by atoms with Gasteiger partial charge in [-0.2, -0.15) is 0 Å². The van der Waals surface area contributed by atoms with Gasteiger partial charge in [0.1, 0.15) is 5.76 Å². The molecule has 0 saturated heterocycles. The van der Waals surface area contributed by atoms with Crippen molar-refractivity contribution in [1.29, 1.82) is 0 Å². The van der Waals surface area contributed by atoms with Gasteiger partial charge < -0.3 is 9.84 Å². The van der Waals surface area contributed by atoms with Crippen LogP contribution in [0.3, 0.4) is 0 Å². The van der Waals surface area contributed by atoms with E-state index in [2.05, 4.69) is 33.8 Å². The average molecular weight is 273 g/mol. The van der Waals surface area contributed by atoms with E-state index in [4.69, 9.17) is 4.52 Å². The van der Waals surface area contributed by atoms with Crippen molar-refractivity contribution in [3.63, 3.8) is 0 Å². The molecule has 3 aromatic rings. The first-order valence-corrected chi connectivity index (χ1v) is 7.09. The Hall–Kier alpha value is -1.72. The Labute approximate surface area is 115 Å². The van der Waals surface area contributed by atoms with Crippen LogP contribution in [0.5, 0.6) is 0 Å². The van der Waals surface area contributed by atoms with Crippen molar-refractivity contribution in [1.82, 2.24) is 15.5 Å². The minimum absolute atomic E-state index is 0.232. The third-order valence-electron chi connectivity index (χ3n) is 3.09. The lowest BCUT2D eigenvalue weighted by Gasteiger charge is -2.12. The minimum Gasteiger partial charge on any atom is -0.361 e. The van der Waals surface area contributed by atoms with Crippen molar-refractivity contribution in [2.75, 3.05) is 0 Å². The maximum Gasteiger partial charge on any atom is 0.133 e. The number of aryl methyl sites for hydroxylation is 1. The van der Waals surface area contributed by atoms with E-state index in [1.165, 1.54) is 10.3 Å². The maximum atomic E-state index is 5.05. The molecule has 0 radical (unpaired) electrons. The SMILES string of the molecule is Cc1cc(CNC(C)c2cnc3ccsc3c2)no1. The molecule has 3 rings (SSSR count). The van der Waals surface area contributed by atoms with Gasteiger partial charge in [-0.05, 0) is 36.9 Å². The van der Waals surface area contributed by atoms with E-state index < -0.39 is 0 Å². The predicted molar refractivity (Wildman–Crippen MR) is 76.1 cm³/mol. The van der Waals surface area contributed by atoms with Crippen molar-refractivity contribution in [3.8, 4) is 0 Å². The lowest BCUT2D eigenvalue weighted by Crippen LogP contribution is -2.18. The van der Waals surface area contributed by atoms with Crippen LogP contribution in [0, 0.1) is 6.92 Å². The van der Waals surface area contributed by atoms with Gasteiger partial charge in [0.2, 0.25) is 0 Å². The quantitative estimate of drug-likeness (QED) is 0.791. The first-order chi connectivity index (χ1) is 9.22. The number of hydrogen-bond acceptors (Lipinski definition) is 5. The normalized spacial score (nSPS) is 12.9. The minimum atomic E-state index is 0.232. The highest BCUT2D eigenvalue weighted by molar-refractivity contribution is 7.17. The monoisotopic (exact) mass is 273 g/mol. The molecule has 3 heterocycles. The largest absolute Gasteiger partial charge is 0.361 e. The Balaban J connectivity index is 1.70. The molecule has 0 saturated carbocycles. The number of hydrogen-bond donors (Lipinski definition) is 1. The van der Waals surface area contributed by atoms with Crippen LogP contribution < -0.4 is 5.32 Å². The summed E-state index contributed by atoms with van der Waals surface area (Å²) in [6.07, 6.45) is 1.93. The van der Waals surface area contributed by atoms with Gasteiger partial charge >= 0.3 is 0 Å². The maximum absolute atomic E-state index is 5.05. The Morgan fingerprint density at radius 2 is 2.32 bits per heavy atom. The molecule has 19 heavy (non-hydrogen) atoms. The van der Waals surface area contributed by atoms with E-state index in [1.54, 1.807) is 11.3 Å². The van der Waals surface area contributed by atoms with Crippen LogP contribution in [0.2, 0.25) is 0 Å². The number of fused-ring (bicyclic) bond motifs is 1. The lowest BCUT2D eigenvalue weighted by atomic mass is 10.1. The molecule has 0 aromatic carbocycles. The predicted octanol–water partition coefficient (Wildman–Crippen LogP) is 3.44. The molecule has 1 N–H and O–H groups in total. The summed E-state index contributed by atoms with van der Waals surface area (Å²) in [4.78, 5) is 4.46. The van der Waals surface area contributed by atoms with Gasteiger partial charge in [0.25, 0.3) is 0 Å². The van der Waals surface area contributed by atoms with Gasteiger partial charge in [-0.25, -0.2) is 0 Å². The third kappa shape index (κ3) is 2.67. The molecule has 1 unspecified atom stereocenters. The van der Waals surface area contributed by atoms with Crippen LogP contribution >= 0.6 is 11.3 Å². The summed E-state index contributed by atoms with van der Waals surface area (Å²) in [7, 11) is 0. The Bertz CT molecular complexity index is 689. The molecule has 5 heteroatoms. The summed E-state index contributed by atoms with van der Waals surface area (Å²) in [6, 6.07) is 6.41. The molecule has 0 fully saturated rings. The van der Waals surface area contributed by atoms with Gasteiger partial charge in [-0.15, -0.1) is 11.3 Å². The van der Waals surface area contributed by atoms with Crippen LogP contribution in [-0.4, -0.2) is 10.1 Å². The number of rotatable bonds is 4. The topological polar surface area (TPSA) is 51.0 Å². The average Bonchev–Trinajstić information content (AvgIpc) is 3.03. The second-order valence-corrected chi connectivity index (χ2v) is 5.55. The van der Waals surface area contributed by atoms with Crippen LogP contribution in [0.4, 0.5) is 0 Å².